The highest BCUT2D eigenvalue weighted by Gasteiger charge is 2.36. The van der Waals surface area contributed by atoms with Crippen LogP contribution < -0.4 is 0 Å². The second-order valence-corrected chi connectivity index (χ2v) is 9.69. The monoisotopic (exact) mass is 398 g/mol. The Morgan fingerprint density at radius 2 is 1.81 bits per heavy atom. The summed E-state index contributed by atoms with van der Waals surface area (Å²) in [7, 11) is -1.33. The summed E-state index contributed by atoms with van der Waals surface area (Å²) in [4.78, 5) is 28.6. The van der Waals surface area contributed by atoms with E-state index >= 15 is 0 Å². The lowest BCUT2D eigenvalue weighted by atomic mass is 9.94. The van der Waals surface area contributed by atoms with Gasteiger partial charge in [0.15, 0.2) is 9.84 Å². The average Bonchev–Trinajstić information content (AvgIpc) is 3.00. The van der Waals surface area contributed by atoms with Crippen LogP contribution in [0.2, 0.25) is 5.02 Å². The van der Waals surface area contributed by atoms with E-state index in [-0.39, 0.29) is 35.3 Å². The lowest BCUT2D eigenvalue weighted by molar-refractivity contribution is -0.137. The Bertz CT molecular complexity index is 803. The maximum atomic E-state index is 12.7. The predicted molar refractivity (Wildman–Crippen MR) is 99.9 cm³/mol. The van der Waals surface area contributed by atoms with E-state index in [4.69, 9.17) is 11.6 Å². The summed E-state index contributed by atoms with van der Waals surface area (Å²) in [5.74, 6) is -0.0913. The highest BCUT2D eigenvalue weighted by atomic mass is 35.5. The highest BCUT2D eigenvalue weighted by Crippen LogP contribution is 2.25. The fourth-order valence-corrected chi connectivity index (χ4v) is 5.67. The molecule has 2 amide bonds. The number of benzene rings is 1. The van der Waals surface area contributed by atoms with E-state index in [0.29, 0.717) is 42.9 Å². The molecule has 0 N–H and O–H groups in total. The van der Waals surface area contributed by atoms with Gasteiger partial charge in [-0.3, -0.25) is 9.59 Å². The van der Waals surface area contributed by atoms with Crippen molar-refractivity contribution >= 4 is 33.3 Å². The van der Waals surface area contributed by atoms with Gasteiger partial charge in [-0.05, 0) is 31.4 Å². The zero-order chi connectivity index (χ0) is 18.9. The van der Waals surface area contributed by atoms with Crippen molar-refractivity contribution in [2.75, 3.05) is 31.6 Å². The summed E-state index contributed by atoms with van der Waals surface area (Å²) in [6.45, 7) is 0.995. The standard InChI is InChI=1S/C18H23ClN2O4S/c1-20(14-8-11-26(24,25)12-14)17(22)13-6-9-21(10-7-13)18(23)15-4-2-3-5-16(15)19/h2-5,13-14H,6-12H2,1H3. The van der Waals surface area contributed by atoms with Crippen molar-refractivity contribution in [2.24, 2.45) is 5.92 Å². The molecule has 3 rings (SSSR count). The van der Waals surface area contributed by atoms with Gasteiger partial charge in [-0.1, -0.05) is 23.7 Å². The Hall–Kier alpha value is -1.60. The molecule has 1 atom stereocenters. The summed E-state index contributed by atoms with van der Waals surface area (Å²) >= 11 is 6.10. The van der Waals surface area contributed by atoms with Crippen LogP contribution in [0.4, 0.5) is 0 Å². The molecule has 0 spiro atoms. The van der Waals surface area contributed by atoms with Crippen LogP contribution in [-0.2, 0) is 14.6 Å². The maximum Gasteiger partial charge on any atom is 0.255 e. The Morgan fingerprint density at radius 3 is 2.38 bits per heavy atom. The third-order valence-corrected chi connectivity index (χ3v) is 7.42. The largest absolute Gasteiger partial charge is 0.341 e. The first-order chi connectivity index (χ1) is 12.3. The van der Waals surface area contributed by atoms with Gasteiger partial charge < -0.3 is 9.80 Å². The maximum absolute atomic E-state index is 12.7. The molecule has 8 heteroatoms. The van der Waals surface area contributed by atoms with Crippen molar-refractivity contribution in [1.82, 2.24) is 9.80 Å². The molecule has 1 aromatic carbocycles. The number of sulfone groups is 1. The molecular formula is C18H23ClN2O4S. The van der Waals surface area contributed by atoms with Crippen molar-refractivity contribution in [2.45, 2.75) is 25.3 Å². The Labute approximate surface area is 159 Å². The minimum atomic E-state index is -3.02. The molecule has 0 saturated carbocycles. The van der Waals surface area contributed by atoms with Gasteiger partial charge in [-0.15, -0.1) is 0 Å². The zero-order valence-corrected chi connectivity index (χ0v) is 16.3. The Morgan fingerprint density at radius 1 is 1.15 bits per heavy atom. The molecule has 142 valence electrons. The molecule has 2 saturated heterocycles. The smallest absolute Gasteiger partial charge is 0.255 e. The lowest BCUT2D eigenvalue weighted by Gasteiger charge is -2.34. The van der Waals surface area contributed by atoms with E-state index in [9.17, 15) is 18.0 Å². The van der Waals surface area contributed by atoms with Gasteiger partial charge in [-0.2, -0.15) is 0 Å². The topological polar surface area (TPSA) is 74.8 Å². The fourth-order valence-electron chi connectivity index (χ4n) is 3.68. The predicted octanol–water partition coefficient (Wildman–Crippen LogP) is 1.84. The molecule has 2 heterocycles. The van der Waals surface area contributed by atoms with E-state index in [2.05, 4.69) is 0 Å². The molecule has 0 aliphatic carbocycles. The van der Waals surface area contributed by atoms with Crippen molar-refractivity contribution in [3.63, 3.8) is 0 Å². The number of nitrogens with zero attached hydrogens (tertiary/aromatic N) is 2. The van der Waals surface area contributed by atoms with Crippen LogP contribution in [0, 0.1) is 5.92 Å². The SMILES string of the molecule is CN(C(=O)C1CCN(C(=O)c2ccccc2Cl)CC1)C1CCS(=O)(=O)C1. The van der Waals surface area contributed by atoms with Crippen molar-refractivity contribution in [3.8, 4) is 0 Å². The summed E-state index contributed by atoms with van der Waals surface area (Å²) in [6.07, 6.45) is 1.67. The number of hydrogen-bond acceptors (Lipinski definition) is 4. The minimum absolute atomic E-state index is 0.0167. The van der Waals surface area contributed by atoms with Crippen molar-refractivity contribution in [1.29, 1.82) is 0 Å². The Kier molecular flexibility index (Phi) is 5.58. The number of carbonyl (C=O) groups is 2. The number of rotatable bonds is 3. The van der Waals surface area contributed by atoms with Gasteiger partial charge >= 0.3 is 0 Å². The zero-order valence-electron chi connectivity index (χ0n) is 14.7. The highest BCUT2D eigenvalue weighted by molar-refractivity contribution is 7.91. The van der Waals surface area contributed by atoms with Crippen LogP contribution in [0.15, 0.2) is 24.3 Å². The van der Waals surface area contributed by atoms with Crippen molar-refractivity contribution in [3.05, 3.63) is 34.9 Å². The second kappa shape index (κ2) is 7.56. The van der Waals surface area contributed by atoms with Gasteiger partial charge in [0.25, 0.3) is 5.91 Å². The minimum Gasteiger partial charge on any atom is -0.341 e. The number of carbonyl (C=O) groups excluding carboxylic acids is 2. The first kappa shape index (κ1) is 19.2. The molecule has 0 bridgehead atoms. The summed E-state index contributed by atoms with van der Waals surface area (Å²) in [6, 6.07) is 6.73. The third kappa shape index (κ3) is 4.04. The van der Waals surface area contributed by atoms with Gasteiger partial charge in [0.1, 0.15) is 0 Å². The molecule has 26 heavy (non-hydrogen) atoms. The molecule has 1 unspecified atom stereocenters. The Balaban J connectivity index is 1.57. The van der Waals surface area contributed by atoms with E-state index in [1.54, 1.807) is 41.1 Å². The first-order valence-electron chi connectivity index (χ1n) is 8.79. The van der Waals surface area contributed by atoms with Gasteiger partial charge in [0.05, 0.1) is 22.1 Å². The molecule has 2 fully saturated rings. The molecule has 1 aromatic rings. The van der Waals surface area contributed by atoms with Crippen LogP contribution in [0.5, 0.6) is 0 Å². The van der Waals surface area contributed by atoms with Crippen LogP contribution in [0.3, 0.4) is 0 Å². The quantitative estimate of drug-likeness (QED) is 0.778. The number of hydrogen-bond donors (Lipinski definition) is 0. The second-order valence-electron chi connectivity index (χ2n) is 7.05. The third-order valence-electron chi connectivity index (χ3n) is 5.34. The first-order valence-corrected chi connectivity index (χ1v) is 11.0. The van der Waals surface area contributed by atoms with Crippen LogP contribution in [0.1, 0.15) is 29.6 Å². The number of likely N-dealkylation sites (tertiary alicyclic amines) is 1. The van der Waals surface area contributed by atoms with Crippen molar-refractivity contribution < 1.29 is 18.0 Å². The summed E-state index contributed by atoms with van der Waals surface area (Å²) in [5, 5.41) is 0.429. The fraction of sp³-hybridized carbons (Fsp3) is 0.556. The van der Waals surface area contributed by atoms with Gasteiger partial charge in [0, 0.05) is 32.1 Å². The number of halogens is 1. The van der Waals surface area contributed by atoms with Gasteiger partial charge in [0.2, 0.25) is 5.91 Å². The summed E-state index contributed by atoms with van der Waals surface area (Å²) in [5.41, 5.74) is 0.479. The van der Waals surface area contributed by atoms with E-state index in [0.717, 1.165) is 0 Å². The van der Waals surface area contributed by atoms with Crippen LogP contribution >= 0.6 is 11.6 Å². The van der Waals surface area contributed by atoms with E-state index in [1.165, 1.54) is 0 Å². The molecule has 6 nitrogen and oxygen atoms in total. The molecule has 0 aromatic heterocycles. The molecule has 2 aliphatic heterocycles. The van der Waals surface area contributed by atoms with Gasteiger partial charge in [-0.25, -0.2) is 8.42 Å². The van der Waals surface area contributed by atoms with E-state index in [1.807, 2.05) is 0 Å². The van der Waals surface area contributed by atoms with Crippen LogP contribution in [0.25, 0.3) is 0 Å². The molecular weight excluding hydrogens is 376 g/mol. The number of piperidine rings is 1. The number of amides is 2. The summed E-state index contributed by atoms with van der Waals surface area (Å²) < 4.78 is 23.3. The lowest BCUT2D eigenvalue weighted by Crippen LogP contribution is -2.46. The normalized spacial score (nSPS) is 23.0. The van der Waals surface area contributed by atoms with E-state index < -0.39 is 9.84 Å². The molecule has 2 aliphatic rings. The van der Waals surface area contributed by atoms with Crippen LogP contribution in [-0.4, -0.2) is 67.7 Å². The average molecular weight is 399 g/mol. The molecule has 0 radical (unpaired) electrons.